The largest absolute Gasteiger partial charge is 0.490 e. The van der Waals surface area contributed by atoms with E-state index in [9.17, 15) is 26.3 Å². The van der Waals surface area contributed by atoms with Gasteiger partial charge in [-0.1, -0.05) is 29.8 Å². The van der Waals surface area contributed by atoms with Crippen LogP contribution in [0.4, 0.5) is 26.3 Å². The summed E-state index contributed by atoms with van der Waals surface area (Å²) in [6.07, 6.45) is -3.39. The number of ether oxygens (including phenoxy) is 1. The van der Waals surface area contributed by atoms with E-state index in [4.69, 9.17) is 24.5 Å². The normalized spacial score (nSPS) is 18.5. The first-order valence-electron chi connectivity index (χ1n) is 12.1. The van der Waals surface area contributed by atoms with Crippen molar-refractivity contribution < 1.29 is 50.9 Å². The van der Waals surface area contributed by atoms with E-state index in [2.05, 4.69) is 62.8 Å². The van der Waals surface area contributed by atoms with Crippen LogP contribution in [0.1, 0.15) is 23.4 Å². The van der Waals surface area contributed by atoms with E-state index in [0.717, 1.165) is 38.4 Å². The molecule has 5 rings (SSSR count). The molecule has 9 nitrogen and oxygen atoms in total. The lowest BCUT2D eigenvalue weighted by Crippen LogP contribution is -2.44. The number of alkyl halides is 6. The lowest BCUT2D eigenvalue weighted by Gasteiger charge is -2.35. The molecule has 0 radical (unpaired) electrons. The molecule has 0 saturated carbocycles. The van der Waals surface area contributed by atoms with Crippen LogP contribution in [0, 0.1) is 6.92 Å². The summed E-state index contributed by atoms with van der Waals surface area (Å²) < 4.78 is 72.2. The highest BCUT2D eigenvalue weighted by molar-refractivity contribution is 5.73. The second-order valence-corrected chi connectivity index (χ2v) is 9.41. The average Bonchev–Trinajstić information content (AvgIpc) is 3.48. The number of fused-ring (bicyclic) bond motifs is 1. The van der Waals surface area contributed by atoms with Crippen molar-refractivity contribution in [1.29, 1.82) is 0 Å². The van der Waals surface area contributed by atoms with Crippen LogP contribution in [0.15, 0.2) is 55.0 Å². The van der Waals surface area contributed by atoms with Crippen molar-refractivity contribution in [3.63, 3.8) is 0 Å². The number of benzene rings is 1. The van der Waals surface area contributed by atoms with Crippen molar-refractivity contribution in [3.8, 4) is 11.3 Å². The Kier molecular flexibility index (Phi) is 9.76. The third-order valence-corrected chi connectivity index (χ3v) is 6.28. The van der Waals surface area contributed by atoms with E-state index in [1.54, 1.807) is 0 Å². The van der Waals surface area contributed by atoms with Gasteiger partial charge in [0.2, 0.25) is 0 Å². The Morgan fingerprint density at radius 1 is 0.951 bits per heavy atom. The Morgan fingerprint density at radius 2 is 1.51 bits per heavy atom. The van der Waals surface area contributed by atoms with Crippen LogP contribution in [-0.2, 0) is 34.0 Å². The van der Waals surface area contributed by atoms with Crippen molar-refractivity contribution in [2.24, 2.45) is 0 Å². The minimum Gasteiger partial charge on any atom is -0.475 e. The van der Waals surface area contributed by atoms with Gasteiger partial charge in [-0.25, -0.2) is 14.6 Å². The van der Waals surface area contributed by atoms with Crippen molar-refractivity contribution >= 4 is 11.9 Å². The van der Waals surface area contributed by atoms with E-state index >= 15 is 0 Å². The van der Waals surface area contributed by atoms with Crippen LogP contribution >= 0.6 is 0 Å². The second kappa shape index (κ2) is 12.7. The molecule has 2 N–H and O–H groups in total. The van der Waals surface area contributed by atoms with Gasteiger partial charge >= 0.3 is 24.3 Å². The van der Waals surface area contributed by atoms with Crippen molar-refractivity contribution in [3.05, 3.63) is 71.9 Å². The van der Waals surface area contributed by atoms with Gasteiger partial charge in [0.25, 0.3) is 0 Å². The molecule has 2 aliphatic heterocycles. The number of carboxylic acid groups (broad SMARTS) is 2. The quantitative estimate of drug-likeness (QED) is 0.423. The zero-order valence-electron chi connectivity index (χ0n) is 21.6. The molecule has 0 bridgehead atoms. The van der Waals surface area contributed by atoms with Gasteiger partial charge in [0.1, 0.15) is 18.0 Å². The first-order valence-corrected chi connectivity index (χ1v) is 12.1. The van der Waals surface area contributed by atoms with Crippen molar-refractivity contribution in [1.82, 2.24) is 19.4 Å². The number of carboxylic acids is 2. The van der Waals surface area contributed by atoms with E-state index in [1.165, 1.54) is 22.4 Å². The standard InChI is InChI=1S/C22H24N4O.2C2HF3O2/c1-17-2-4-19(5-3-17)20-12-24-21-14-27-22(16-26(20)21)8-11-25(15-22)13-18-6-9-23-10-7-18;2*3-2(4,5)1(6)7/h2-7,9-10,12H,8,11,13-16H2,1H3;2*(H,6,7). The maximum Gasteiger partial charge on any atom is 0.490 e. The van der Waals surface area contributed by atoms with Gasteiger partial charge in [-0.05, 0) is 36.6 Å². The minimum absolute atomic E-state index is 0.111. The van der Waals surface area contributed by atoms with Gasteiger partial charge < -0.3 is 19.5 Å². The first-order chi connectivity index (χ1) is 19.1. The molecule has 41 heavy (non-hydrogen) atoms. The molecule has 1 atom stereocenters. The molecular formula is C26H26F6N4O5. The zero-order chi connectivity index (χ0) is 30.4. The number of nitrogens with zero attached hydrogens (tertiary/aromatic N) is 4. The molecule has 0 amide bonds. The molecule has 2 aliphatic rings. The molecule has 15 heteroatoms. The Morgan fingerprint density at radius 3 is 2.05 bits per heavy atom. The number of halogens is 6. The lowest BCUT2D eigenvalue weighted by atomic mass is 10.0. The summed E-state index contributed by atoms with van der Waals surface area (Å²) in [4.78, 5) is 29.0. The highest BCUT2D eigenvalue weighted by Crippen LogP contribution is 2.35. The summed E-state index contributed by atoms with van der Waals surface area (Å²) in [5.74, 6) is -4.48. The Labute approximate surface area is 230 Å². The maximum atomic E-state index is 10.6. The fourth-order valence-electron chi connectivity index (χ4n) is 4.27. The van der Waals surface area contributed by atoms with E-state index < -0.39 is 24.3 Å². The van der Waals surface area contributed by atoms with E-state index in [0.29, 0.717) is 6.61 Å². The van der Waals surface area contributed by atoms with Gasteiger partial charge in [0, 0.05) is 32.0 Å². The number of aromatic nitrogens is 3. The summed E-state index contributed by atoms with van der Waals surface area (Å²) >= 11 is 0. The highest BCUT2D eigenvalue weighted by Gasteiger charge is 2.43. The average molecular weight is 589 g/mol. The second-order valence-electron chi connectivity index (χ2n) is 9.41. The number of aliphatic carboxylic acids is 2. The highest BCUT2D eigenvalue weighted by atomic mass is 19.4. The number of imidazole rings is 1. The van der Waals surface area contributed by atoms with Crippen LogP contribution < -0.4 is 0 Å². The summed E-state index contributed by atoms with van der Waals surface area (Å²) in [6, 6.07) is 12.9. The van der Waals surface area contributed by atoms with E-state index in [1.807, 2.05) is 18.6 Å². The van der Waals surface area contributed by atoms with Crippen LogP contribution in [0.3, 0.4) is 0 Å². The molecule has 1 aromatic carbocycles. The molecule has 1 saturated heterocycles. The van der Waals surface area contributed by atoms with Gasteiger partial charge in [0.15, 0.2) is 0 Å². The predicted octanol–water partition coefficient (Wildman–Crippen LogP) is 4.70. The Hall–Kier alpha value is -3.98. The lowest BCUT2D eigenvalue weighted by molar-refractivity contribution is -0.193. The van der Waals surface area contributed by atoms with Crippen molar-refractivity contribution in [2.75, 3.05) is 13.1 Å². The monoisotopic (exact) mass is 588 g/mol. The summed E-state index contributed by atoms with van der Waals surface area (Å²) in [5, 5.41) is 14.2. The van der Waals surface area contributed by atoms with Gasteiger partial charge in [0.05, 0.1) is 18.4 Å². The third kappa shape index (κ3) is 8.75. The maximum absolute atomic E-state index is 10.6. The molecule has 3 aromatic rings. The number of carbonyl (C=O) groups is 2. The summed E-state index contributed by atoms with van der Waals surface area (Å²) in [7, 11) is 0. The molecule has 1 spiro atoms. The molecule has 2 aromatic heterocycles. The molecule has 4 heterocycles. The number of hydrogen-bond donors (Lipinski definition) is 2. The summed E-state index contributed by atoms with van der Waals surface area (Å²) in [5.41, 5.74) is 4.89. The number of likely N-dealkylation sites (tertiary alicyclic amines) is 1. The van der Waals surface area contributed by atoms with Crippen LogP contribution in [-0.4, -0.2) is 72.6 Å². The Balaban J connectivity index is 0.000000276. The fraction of sp³-hybridized carbons (Fsp3) is 0.385. The van der Waals surface area contributed by atoms with Crippen LogP contribution in [0.2, 0.25) is 0 Å². The number of aryl methyl sites for hydroxylation is 1. The number of hydrogen-bond acceptors (Lipinski definition) is 6. The Bertz CT molecular complexity index is 1300. The molecule has 1 unspecified atom stereocenters. The van der Waals surface area contributed by atoms with Gasteiger partial charge in [-0.3, -0.25) is 9.88 Å². The van der Waals surface area contributed by atoms with Gasteiger partial charge in [-0.2, -0.15) is 26.3 Å². The number of rotatable bonds is 3. The van der Waals surface area contributed by atoms with Crippen LogP contribution in [0.25, 0.3) is 11.3 Å². The molecule has 1 fully saturated rings. The van der Waals surface area contributed by atoms with Gasteiger partial charge in [-0.15, -0.1) is 0 Å². The molecular weight excluding hydrogens is 562 g/mol. The fourth-order valence-corrected chi connectivity index (χ4v) is 4.27. The van der Waals surface area contributed by atoms with E-state index in [-0.39, 0.29) is 5.60 Å². The van der Waals surface area contributed by atoms with Crippen LogP contribution in [0.5, 0.6) is 0 Å². The SMILES string of the molecule is Cc1ccc(-c2cnc3n2CC2(CCN(Cc4ccncc4)C2)OC3)cc1.O=C(O)C(F)(F)F.O=C(O)C(F)(F)F. The molecule has 0 aliphatic carbocycles. The topological polar surface area (TPSA) is 118 Å². The predicted molar refractivity (Wildman–Crippen MR) is 131 cm³/mol. The molecule has 222 valence electrons. The summed E-state index contributed by atoms with van der Waals surface area (Å²) in [6.45, 7) is 6.56. The zero-order valence-corrected chi connectivity index (χ0v) is 21.6. The third-order valence-electron chi connectivity index (χ3n) is 6.28. The van der Waals surface area contributed by atoms with Crippen molar-refractivity contribution in [2.45, 2.75) is 51.0 Å². The number of pyridine rings is 1. The smallest absolute Gasteiger partial charge is 0.475 e. The minimum atomic E-state index is -5.08. The first kappa shape index (κ1) is 31.5.